The van der Waals surface area contributed by atoms with Crippen LogP contribution in [0, 0.1) is 0 Å². The molecule has 0 aliphatic rings. The second-order valence-electron chi connectivity index (χ2n) is 5.63. The van der Waals surface area contributed by atoms with E-state index < -0.39 is 6.10 Å². The SMILES string of the molecule is COc1ccc(C(O)CNC(=O)Cc2c[nH]c3ccccc23)cc1. The quantitative estimate of drug-likeness (QED) is 0.652. The molecule has 1 amide bonds. The van der Waals surface area contributed by atoms with Crippen molar-refractivity contribution in [3.63, 3.8) is 0 Å². The Morgan fingerprint density at radius 3 is 2.71 bits per heavy atom. The van der Waals surface area contributed by atoms with Crippen LogP contribution < -0.4 is 10.1 Å². The van der Waals surface area contributed by atoms with Gasteiger partial charge in [-0.3, -0.25) is 4.79 Å². The van der Waals surface area contributed by atoms with Gasteiger partial charge in [0.05, 0.1) is 19.6 Å². The number of benzene rings is 2. The molecule has 124 valence electrons. The van der Waals surface area contributed by atoms with Crippen LogP contribution in [0.5, 0.6) is 5.75 Å². The number of aliphatic hydroxyl groups excluding tert-OH is 1. The fourth-order valence-corrected chi connectivity index (χ4v) is 2.67. The van der Waals surface area contributed by atoms with Crippen LogP contribution in [0.1, 0.15) is 17.2 Å². The van der Waals surface area contributed by atoms with Crippen molar-refractivity contribution < 1.29 is 14.6 Å². The molecule has 0 bridgehead atoms. The molecule has 1 atom stereocenters. The third kappa shape index (κ3) is 3.58. The molecule has 5 nitrogen and oxygen atoms in total. The van der Waals surface area contributed by atoms with E-state index in [1.165, 1.54) is 0 Å². The number of hydrogen-bond acceptors (Lipinski definition) is 3. The lowest BCUT2D eigenvalue weighted by molar-refractivity contribution is -0.120. The minimum absolute atomic E-state index is 0.118. The van der Waals surface area contributed by atoms with Crippen LogP contribution >= 0.6 is 0 Å². The molecule has 1 unspecified atom stereocenters. The van der Waals surface area contributed by atoms with Gasteiger partial charge in [-0.1, -0.05) is 30.3 Å². The van der Waals surface area contributed by atoms with Gasteiger partial charge in [-0.05, 0) is 29.3 Å². The first-order valence-corrected chi connectivity index (χ1v) is 7.81. The molecule has 24 heavy (non-hydrogen) atoms. The van der Waals surface area contributed by atoms with Gasteiger partial charge in [0.25, 0.3) is 0 Å². The summed E-state index contributed by atoms with van der Waals surface area (Å²) in [5, 5.41) is 14.0. The first-order valence-electron chi connectivity index (χ1n) is 7.81. The Labute approximate surface area is 140 Å². The minimum atomic E-state index is -0.747. The summed E-state index contributed by atoms with van der Waals surface area (Å²) in [6.45, 7) is 0.174. The molecule has 0 aliphatic carbocycles. The van der Waals surface area contributed by atoms with E-state index >= 15 is 0 Å². The van der Waals surface area contributed by atoms with Crippen LogP contribution in [0.3, 0.4) is 0 Å². The number of hydrogen-bond donors (Lipinski definition) is 3. The lowest BCUT2D eigenvalue weighted by atomic mass is 10.1. The molecule has 3 aromatic rings. The first kappa shape index (κ1) is 16.1. The topological polar surface area (TPSA) is 74.3 Å². The molecular formula is C19H20N2O3. The molecule has 2 aromatic carbocycles. The van der Waals surface area contributed by atoms with Crippen molar-refractivity contribution in [2.45, 2.75) is 12.5 Å². The Morgan fingerprint density at radius 1 is 1.21 bits per heavy atom. The molecule has 1 aromatic heterocycles. The minimum Gasteiger partial charge on any atom is -0.497 e. The lowest BCUT2D eigenvalue weighted by Gasteiger charge is -2.12. The summed E-state index contributed by atoms with van der Waals surface area (Å²) in [4.78, 5) is 15.3. The third-order valence-electron chi connectivity index (χ3n) is 4.02. The number of carbonyl (C=O) groups excluding carboxylic acids is 1. The monoisotopic (exact) mass is 324 g/mol. The van der Waals surface area contributed by atoms with Crippen molar-refractivity contribution in [3.05, 3.63) is 65.9 Å². The largest absolute Gasteiger partial charge is 0.497 e. The molecule has 0 saturated heterocycles. The first-order chi connectivity index (χ1) is 11.7. The number of nitrogens with one attached hydrogen (secondary N) is 2. The van der Waals surface area contributed by atoms with Gasteiger partial charge in [0, 0.05) is 23.6 Å². The third-order valence-corrected chi connectivity index (χ3v) is 4.02. The summed E-state index contributed by atoms with van der Waals surface area (Å²) >= 11 is 0. The fourth-order valence-electron chi connectivity index (χ4n) is 2.67. The van der Waals surface area contributed by atoms with Crippen molar-refractivity contribution in [1.29, 1.82) is 0 Å². The number of fused-ring (bicyclic) bond motifs is 1. The van der Waals surface area contributed by atoms with Gasteiger partial charge in [-0.25, -0.2) is 0 Å². The number of aliphatic hydroxyl groups is 1. The summed E-state index contributed by atoms with van der Waals surface area (Å²) in [5.74, 6) is 0.613. The maximum absolute atomic E-state index is 12.1. The van der Waals surface area contributed by atoms with E-state index in [1.54, 1.807) is 31.4 Å². The highest BCUT2D eigenvalue weighted by atomic mass is 16.5. The number of amides is 1. The summed E-state index contributed by atoms with van der Waals surface area (Å²) in [6, 6.07) is 15.0. The average molecular weight is 324 g/mol. The van der Waals surface area contributed by atoms with E-state index in [2.05, 4.69) is 10.3 Å². The second kappa shape index (κ2) is 7.19. The number of methoxy groups -OCH3 is 1. The van der Waals surface area contributed by atoms with Gasteiger partial charge < -0.3 is 20.1 Å². The van der Waals surface area contributed by atoms with Crippen molar-refractivity contribution in [3.8, 4) is 5.75 Å². The second-order valence-corrected chi connectivity index (χ2v) is 5.63. The van der Waals surface area contributed by atoms with Crippen molar-refractivity contribution in [2.75, 3.05) is 13.7 Å². The maximum Gasteiger partial charge on any atom is 0.224 e. The van der Waals surface area contributed by atoms with Crippen molar-refractivity contribution in [1.82, 2.24) is 10.3 Å². The number of aromatic amines is 1. The molecule has 1 heterocycles. The smallest absolute Gasteiger partial charge is 0.224 e. The highest BCUT2D eigenvalue weighted by Crippen LogP contribution is 2.19. The summed E-state index contributed by atoms with van der Waals surface area (Å²) in [6.07, 6.45) is 1.38. The molecule has 3 N–H and O–H groups in total. The van der Waals surface area contributed by atoms with E-state index in [0.29, 0.717) is 0 Å². The molecule has 0 aliphatic heterocycles. The molecule has 0 saturated carbocycles. The van der Waals surface area contributed by atoms with Crippen LogP contribution in [0.4, 0.5) is 0 Å². The molecule has 5 heteroatoms. The van der Waals surface area contributed by atoms with Crippen LogP contribution in [0.2, 0.25) is 0 Å². The number of ether oxygens (including phenoxy) is 1. The van der Waals surface area contributed by atoms with Gasteiger partial charge in [0.1, 0.15) is 5.75 Å². The zero-order chi connectivity index (χ0) is 16.9. The van der Waals surface area contributed by atoms with E-state index in [1.807, 2.05) is 30.5 Å². The highest BCUT2D eigenvalue weighted by molar-refractivity contribution is 5.88. The van der Waals surface area contributed by atoms with Gasteiger partial charge in [-0.2, -0.15) is 0 Å². The normalized spacial score (nSPS) is 12.1. The van der Waals surface area contributed by atoms with Crippen LogP contribution in [-0.2, 0) is 11.2 Å². The zero-order valence-corrected chi connectivity index (χ0v) is 13.5. The van der Waals surface area contributed by atoms with Gasteiger partial charge in [0.2, 0.25) is 5.91 Å². The molecular weight excluding hydrogens is 304 g/mol. The van der Waals surface area contributed by atoms with E-state index in [9.17, 15) is 9.90 Å². The van der Waals surface area contributed by atoms with Crippen LogP contribution in [0.15, 0.2) is 54.7 Å². The average Bonchev–Trinajstić information content (AvgIpc) is 3.03. The zero-order valence-electron chi connectivity index (χ0n) is 13.5. The van der Waals surface area contributed by atoms with E-state index in [-0.39, 0.29) is 18.9 Å². The van der Waals surface area contributed by atoms with Crippen LogP contribution in [-0.4, -0.2) is 29.7 Å². The Hall–Kier alpha value is -2.79. The fraction of sp³-hybridized carbons (Fsp3) is 0.211. The number of carbonyl (C=O) groups is 1. The molecule has 0 spiro atoms. The van der Waals surface area contributed by atoms with Gasteiger partial charge in [0.15, 0.2) is 0 Å². The summed E-state index contributed by atoms with van der Waals surface area (Å²) < 4.78 is 5.09. The Kier molecular flexibility index (Phi) is 4.82. The Bertz CT molecular complexity index is 824. The Balaban J connectivity index is 1.56. The lowest BCUT2D eigenvalue weighted by Crippen LogP contribution is -2.29. The number of para-hydroxylation sites is 1. The van der Waals surface area contributed by atoms with E-state index in [0.717, 1.165) is 27.8 Å². The predicted molar refractivity (Wildman–Crippen MR) is 93.0 cm³/mol. The predicted octanol–water partition coefficient (Wildman–Crippen LogP) is 2.57. The molecule has 0 radical (unpaired) electrons. The van der Waals surface area contributed by atoms with Crippen molar-refractivity contribution in [2.24, 2.45) is 0 Å². The number of rotatable bonds is 6. The number of aromatic nitrogens is 1. The maximum atomic E-state index is 12.1. The number of H-pyrrole nitrogens is 1. The highest BCUT2D eigenvalue weighted by Gasteiger charge is 2.12. The summed E-state index contributed by atoms with van der Waals surface area (Å²) in [7, 11) is 1.59. The van der Waals surface area contributed by atoms with Crippen molar-refractivity contribution >= 4 is 16.8 Å². The molecule has 0 fully saturated rings. The standard InChI is InChI=1S/C19H20N2O3/c1-24-15-8-6-13(7-9-15)18(22)12-21-19(23)10-14-11-20-17-5-3-2-4-16(14)17/h2-9,11,18,20,22H,10,12H2,1H3,(H,21,23). The van der Waals surface area contributed by atoms with Gasteiger partial charge >= 0.3 is 0 Å². The van der Waals surface area contributed by atoms with E-state index in [4.69, 9.17) is 4.74 Å². The van der Waals surface area contributed by atoms with Crippen LogP contribution in [0.25, 0.3) is 10.9 Å². The summed E-state index contributed by atoms with van der Waals surface area (Å²) in [5.41, 5.74) is 2.70. The Morgan fingerprint density at radius 2 is 1.96 bits per heavy atom. The van der Waals surface area contributed by atoms with Gasteiger partial charge in [-0.15, -0.1) is 0 Å². The molecule has 3 rings (SSSR count).